The molecule has 2 atom stereocenters. The smallest absolute Gasteiger partial charge is 0.260 e. The predicted octanol–water partition coefficient (Wildman–Crippen LogP) is 4.51. The zero-order valence-electron chi connectivity index (χ0n) is 17.8. The Balaban J connectivity index is 1.61. The summed E-state index contributed by atoms with van der Waals surface area (Å²) >= 11 is 17.8. The zero-order chi connectivity index (χ0) is 23.3. The van der Waals surface area contributed by atoms with E-state index in [4.69, 9.17) is 49.0 Å². The summed E-state index contributed by atoms with van der Waals surface area (Å²) in [6.07, 6.45) is 1.55. The summed E-state index contributed by atoms with van der Waals surface area (Å²) in [6, 6.07) is 6.69. The maximum absolute atomic E-state index is 12.5. The number of methoxy groups -OCH3 is 1. The second-order valence-corrected chi connectivity index (χ2v) is 8.39. The molecule has 0 bridgehead atoms. The number of halogens is 3. The molecule has 0 saturated carbocycles. The SMILES string of the molecule is COc1cc(/C=N\Nc2nc(Cl)c(Cl)cc2Cl)ccc1OCC(=O)N1C[C@@H](C)O[C@@H](C)C1. The molecule has 1 aromatic heterocycles. The molecule has 1 aliphatic heterocycles. The lowest BCUT2D eigenvalue weighted by molar-refractivity contribution is -0.145. The molecule has 1 aromatic carbocycles. The minimum atomic E-state index is -0.102. The Hall–Kier alpha value is -2.26. The van der Waals surface area contributed by atoms with Gasteiger partial charge in [0.15, 0.2) is 23.9 Å². The number of hydrogen-bond acceptors (Lipinski definition) is 7. The summed E-state index contributed by atoms with van der Waals surface area (Å²) < 4.78 is 16.8. The number of morpholine rings is 1. The number of ether oxygens (including phenoxy) is 3. The molecule has 1 aliphatic rings. The number of carbonyl (C=O) groups is 1. The molecule has 8 nitrogen and oxygen atoms in total. The number of benzene rings is 1. The van der Waals surface area contributed by atoms with Gasteiger partial charge in [0, 0.05) is 13.1 Å². The van der Waals surface area contributed by atoms with Gasteiger partial charge in [0.2, 0.25) is 0 Å². The van der Waals surface area contributed by atoms with Crippen LogP contribution in [-0.4, -0.2) is 61.0 Å². The normalized spacial score (nSPS) is 18.6. The number of hydrogen-bond donors (Lipinski definition) is 1. The van der Waals surface area contributed by atoms with Gasteiger partial charge in [-0.05, 0) is 43.7 Å². The van der Waals surface area contributed by atoms with E-state index in [2.05, 4.69) is 15.5 Å². The maximum atomic E-state index is 12.5. The van der Waals surface area contributed by atoms with Crippen molar-refractivity contribution in [1.29, 1.82) is 0 Å². The molecule has 172 valence electrons. The van der Waals surface area contributed by atoms with Crippen molar-refractivity contribution in [2.75, 3.05) is 32.2 Å². The summed E-state index contributed by atoms with van der Waals surface area (Å²) in [5, 5.41) is 4.76. The summed E-state index contributed by atoms with van der Waals surface area (Å²) in [5.74, 6) is 1.09. The Morgan fingerprint density at radius 2 is 1.94 bits per heavy atom. The Kier molecular flexibility index (Phi) is 8.42. The molecule has 1 amide bonds. The number of carbonyl (C=O) groups excluding carboxylic acids is 1. The van der Waals surface area contributed by atoms with E-state index in [1.54, 1.807) is 29.3 Å². The molecule has 0 radical (unpaired) electrons. The Morgan fingerprint density at radius 1 is 1.22 bits per heavy atom. The van der Waals surface area contributed by atoms with Crippen LogP contribution >= 0.6 is 34.8 Å². The average molecular weight is 502 g/mol. The fraction of sp³-hybridized carbons (Fsp3) is 0.381. The first-order valence-electron chi connectivity index (χ1n) is 9.81. The molecule has 1 saturated heterocycles. The molecule has 11 heteroatoms. The fourth-order valence-electron chi connectivity index (χ4n) is 3.19. The van der Waals surface area contributed by atoms with Crippen LogP contribution in [0.5, 0.6) is 11.5 Å². The second kappa shape index (κ2) is 11.0. The third kappa shape index (κ3) is 6.38. The number of amides is 1. The van der Waals surface area contributed by atoms with E-state index in [1.807, 2.05) is 13.8 Å². The summed E-state index contributed by atoms with van der Waals surface area (Å²) in [5.41, 5.74) is 3.44. The van der Waals surface area contributed by atoms with Crippen LogP contribution in [0.1, 0.15) is 19.4 Å². The number of nitrogens with one attached hydrogen (secondary N) is 1. The lowest BCUT2D eigenvalue weighted by atomic mass is 10.2. The van der Waals surface area contributed by atoms with Crippen molar-refractivity contribution in [3.05, 3.63) is 45.0 Å². The number of pyridine rings is 1. The molecule has 32 heavy (non-hydrogen) atoms. The van der Waals surface area contributed by atoms with Crippen LogP contribution in [0.3, 0.4) is 0 Å². The monoisotopic (exact) mass is 500 g/mol. The Labute approximate surface area is 201 Å². The van der Waals surface area contributed by atoms with Crippen molar-refractivity contribution in [2.45, 2.75) is 26.1 Å². The summed E-state index contributed by atoms with van der Waals surface area (Å²) in [7, 11) is 1.52. The van der Waals surface area contributed by atoms with Crippen molar-refractivity contribution in [3.8, 4) is 11.5 Å². The van der Waals surface area contributed by atoms with Gasteiger partial charge in [-0.2, -0.15) is 5.10 Å². The topological polar surface area (TPSA) is 85.3 Å². The number of anilines is 1. The van der Waals surface area contributed by atoms with E-state index in [0.717, 1.165) is 5.56 Å². The molecule has 0 spiro atoms. The van der Waals surface area contributed by atoms with E-state index < -0.39 is 0 Å². The van der Waals surface area contributed by atoms with Crippen LogP contribution in [0.4, 0.5) is 5.82 Å². The number of hydrazone groups is 1. The molecular weight excluding hydrogens is 479 g/mol. The van der Waals surface area contributed by atoms with E-state index in [1.165, 1.54) is 13.2 Å². The molecule has 2 heterocycles. The van der Waals surface area contributed by atoms with Crippen LogP contribution in [-0.2, 0) is 9.53 Å². The number of nitrogens with zero attached hydrogens (tertiary/aromatic N) is 3. The number of aromatic nitrogens is 1. The van der Waals surface area contributed by atoms with Crippen molar-refractivity contribution >= 4 is 52.7 Å². The summed E-state index contributed by atoms with van der Waals surface area (Å²) in [6.45, 7) is 4.89. The van der Waals surface area contributed by atoms with Gasteiger partial charge in [0.05, 0.1) is 35.6 Å². The molecule has 2 aromatic rings. The molecule has 1 N–H and O–H groups in total. The Morgan fingerprint density at radius 3 is 2.62 bits per heavy atom. The van der Waals surface area contributed by atoms with Crippen molar-refractivity contribution in [3.63, 3.8) is 0 Å². The largest absolute Gasteiger partial charge is 0.493 e. The molecule has 0 aliphatic carbocycles. The molecule has 1 fully saturated rings. The van der Waals surface area contributed by atoms with Crippen molar-refractivity contribution < 1.29 is 19.0 Å². The van der Waals surface area contributed by atoms with Gasteiger partial charge in [0.25, 0.3) is 5.91 Å². The highest BCUT2D eigenvalue weighted by Crippen LogP contribution is 2.29. The first-order chi connectivity index (χ1) is 15.3. The zero-order valence-corrected chi connectivity index (χ0v) is 20.0. The lowest BCUT2D eigenvalue weighted by Crippen LogP contribution is -2.49. The number of rotatable bonds is 7. The highest BCUT2D eigenvalue weighted by atomic mass is 35.5. The Bertz CT molecular complexity index is 995. The van der Waals surface area contributed by atoms with Crippen molar-refractivity contribution in [1.82, 2.24) is 9.88 Å². The van der Waals surface area contributed by atoms with E-state index in [-0.39, 0.29) is 45.7 Å². The highest BCUT2D eigenvalue weighted by molar-refractivity contribution is 6.42. The summed E-state index contributed by atoms with van der Waals surface area (Å²) in [4.78, 5) is 18.3. The molecular formula is C21H23Cl3N4O4. The van der Waals surface area contributed by atoms with Crippen molar-refractivity contribution in [2.24, 2.45) is 5.10 Å². The minimum Gasteiger partial charge on any atom is -0.493 e. The van der Waals surface area contributed by atoms with E-state index in [0.29, 0.717) is 24.6 Å². The van der Waals surface area contributed by atoms with Gasteiger partial charge in [-0.25, -0.2) is 4.98 Å². The first kappa shape index (κ1) is 24.4. The maximum Gasteiger partial charge on any atom is 0.260 e. The minimum absolute atomic E-state index is 0.00149. The fourth-order valence-corrected chi connectivity index (χ4v) is 3.73. The lowest BCUT2D eigenvalue weighted by Gasteiger charge is -2.35. The average Bonchev–Trinajstić information content (AvgIpc) is 2.75. The highest BCUT2D eigenvalue weighted by Gasteiger charge is 2.26. The van der Waals surface area contributed by atoms with Crippen LogP contribution in [0.2, 0.25) is 15.2 Å². The van der Waals surface area contributed by atoms with Crippen LogP contribution in [0.25, 0.3) is 0 Å². The van der Waals surface area contributed by atoms with Gasteiger partial charge in [0.1, 0.15) is 5.15 Å². The molecule has 3 rings (SSSR count). The van der Waals surface area contributed by atoms with Gasteiger partial charge >= 0.3 is 0 Å². The predicted molar refractivity (Wildman–Crippen MR) is 126 cm³/mol. The van der Waals surface area contributed by atoms with Crippen LogP contribution < -0.4 is 14.9 Å². The van der Waals surface area contributed by atoms with Crippen LogP contribution in [0.15, 0.2) is 29.4 Å². The van der Waals surface area contributed by atoms with E-state index in [9.17, 15) is 4.79 Å². The van der Waals surface area contributed by atoms with Crippen LogP contribution in [0, 0.1) is 0 Å². The molecule has 0 unspecified atom stereocenters. The first-order valence-corrected chi connectivity index (χ1v) is 10.9. The van der Waals surface area contributed by atoms with Gasteiger partial charge in [-0.15, -0.1) is 0 Å². The standard InChI is InChI=1S/C21H23Cl3N4O4/c1-12-9-28(10-13(2)32-12)19(29)11-31-17-5-4-14(6-18(17)30-3)8-25-27-21-16(23)7-15(22)20(24)26-21/h4-8,12-13H,9-11H2,1-3H3,(H,26,27)/b25-8-/t12-,13+. The van der Waals surface area contributed by atoms with Gasteiger partial charge < -0.3 is 19.1 Å². The van der Waals surface area contributed by atoms with E-state index >= 15 is 0 Å². The third-order valence-electron chi connectivity index (χ3n) is 4.58. The van der Waals surface area contributed by atoms with Gasteiger partial charge in [-0.3, -0.25) is 10.2 Å². The third-order valence-corrected chi connectivity index (χ3v) is 5.54. The quantitative estimate of drug-likeness (QED) is 0.341. The van der Waals surface area contributed by atoms with Gasteiger partial charge in [-0.1, -0.05) is 34.8 Å². The second-order valence-electron chi connectivity index (χ2n) is 7.22.